The predicted octanol–water partition coefficient (Wildman–Crippen LogP) is 1.16. The summed E-state index contributed by atoms with van der Waals surface area (Å²) in [5, 5.41) is 0. The van der Waals surface area contributed by atoms with Crippen LogP contribution in [-0.2, 0) is 0 Å². The van der Waals surface area contributed by atoms with Gasteiger partial charge >= 0.3 is 0 Å². The number of anilines is 1. The van der Waals surface area contributed by atoms with Gasteiger partial charge in [-0.1, -0.05) is 12.2 Å². The summed E-state index contributed by atoms with van der Waals surface area (Å²) in [4.78, 5) is 3.68. The SMILES string of the molecule is NCCC=Cc1cc(F)cnc1N. The van der Waals surface area contributed by atoms with E-state index in [4.69, 9.17) is 11.5 Å². The Labute approximate surface area is 76.3 Å². The summed E-state index contributed by atoms with van der Waals surface area (Å²) in [5.41, 5.74) is 11.4. The Bertz CT molecular complexity index is 310. The maximum atomic E-state index is 12.7. The molecule has 0 aliphatic rings. The van der Waals surface area contributed by atoms with Crippen LogP contribution >= 0.6 is 0 Å². The Kier molecular flexibility index (Phi) is 3.40. The van der Waals surface area contributed by atoms with E-state index in [2.05, 4.69) is 4.98 Å². The molecule has 1 rings (SSSR count). The van der Waals surface area contributed by atoms with E-state index in [1.54, 1.807) is 6.08 Å². The van der Waals surface area contributed by atoms with Crippen LogP contribution in [-0.4, -0.2) is 11.5 Å². The van der Waals surface area contributed by atoms with Gasteiger partial charge in [0.1, 0.15) is 11.6 Å². The molecule has 4 heteroatoms. The summed E-state index contributed by atoms with van der Waals surface area (Å²) < 4.78 is 12.7. The number of hydrogen-bond donors (Lipinski definition) is 2. The lowest BCUT2D eigenvalue weighted by molar-refractivity contribution is 0.621. The Morgan fingerprint density at radius 1 is 1.54 bits per heavy atom. The van der Waals surface area contributed by atoms with E-state index < -0.39 is 0 Å². The minimum atomic E-state index is -0.387. The second kappa shape index (κ2) is 4.57. The summed E-state index contributed by atoms with van der Waals surface area (Å²) in [6, 6.07) is 1.34. The van der Waals surface area contributed by atoms with E-state index in [-0.39, 0.29) is 5.82 Å². The summed E-state index contributed by atoms with van der Waals surface area (Å²) in [7, 11) is 0. The van der Waals surface area contributed by atoms with Gasteiger partial charge in [0.15, 0.2) is 0 Å². The van der Waals surface area contributed by atoms with Crippen molar-refractivity contribution in [1.29, 1.82) is 0 Å². The lowest BCUT2D eigenvalue weighted by Crippen LogP contribution is -1.96. The first-order valence-electron chi connectivity index (χ1n) is 4.01. The normalized spacial score (nSPS) is 10.9. The van der Waals surface area contributed by atoms with E-state index in [0.29, 0.717) is 17.9 Å². The average Bonchev–Trinajstić information content (AvgIpc) is 2.11. The molecule has 0 unspecified atom stereocenters. The maximum Gasteiger partial charge on any atom is 0.142 e. The lowest BCUT2D eigenvalue weighted by Gasteiger charge is -1.98. The molecule has 0 aromatic carbocycles. The van der Waals surface area contributed by atoms with Crippen LogP contribution in [0.3, 0.4) is 0 Å². The fraction of sp³-hybridized carbons (Fsp3) is 0.222. The molecular weight excluding hydrogens is 169 g/mol. The zero-order chi connectivity index (χ0) is 9.68. The third kappa shape index (κ3) is 2.83. The molecule has 1 heterocycles. The Morgan fingerprint density at radius 3 is 3.00 bits per heavy atom. The molecule has 0 saturated carbocycles. The quantitative estimate of drug-likeness (QED) is 0.735. The standard InChI is InChI=1S/C9H12FN3/c10-8-5-7(3-1-2-4-11)9(12)13-6-8/h1,3,5-6H,2,4,11H2,(H2,12,13). The first-order chi connectivity index (χ1) is 6.24. The smallest absolute Gasteiger partial charge is 0.142 e. The maximum absolute atomic E-state index is 12.7. The molecule has 4 N–H and O–H groups in total. The molecule has 13 heavy (non-hydrogen) atoms. The van der Waals surface area contributed by atoms with Gasteiger partial charge in [0.25, 0.3) is 0 Å². The fourth-order valence-electron chi connectivity index (χ4n) is 0.906. The third-order valence-electron chi connectivity index (χ3n) is 1.55. The van der Waals surface area contributed by atoms with Gasteiger partial charge in [-0.05, 0) is 19.0 Å². The second-order valence-electron chi connectivity index (χ2n) is 2.61. The second-order valence-corrected chi connectivity index (χ2v) is 2.61. The first-order valence-corrected chi connectivity index (χ1v) is 4.01. The van der Waals surface area contributed by atoms with Crippen molar-refractivity contribution in [2.75, 3.05) is 12.3 Å². The van der Waals surface area contributed by atoms with Crippen LogP contribution in [0.4, 0.5) is 10.2 Å². The van der Waals surface area contributed by atoms with Crippen LogP contribution in [0.2, 0.25) is 0 Å². The topological polar surface area (TPSA) is 64.9 Å². The number of nitrogen functional groups attached to an aromatic ring is 1. The van der Waals surface area contributed by atoms with Crippen LogP contribution in [0.5, 0.6) is 0 Å². The molecule has 0 saturated heterocycles. The fourth-order valence-corrected chi connectivity index (χ4v) is 0.906. The van der Waals surface area contributed by atoms with Crippen LogP contribution in [0, 0.1) is 5.82 Å². The van der Waals surface area contributed by atoms with E-state index in [0.717, 1.165) is 12.6 Å². The molecule has 0 fully saturated rings. The number of nitrogens with zero attached hydrogens (tertiary/aromatic N) is 1. The number of hydrogen-bond acceptors (Lipinski definition) is 3. The van der Waals surface area contributed by atoms with E-state index in [9.17, 15) is 4.39 Å². The molecule has 1 aromatic rings. The average molecular weight is 181 g/mol. The number of rotatable bonds is 3. The van der Waals surface area contributed by atoms with Crippen molar-refractivity contribution < 1.29 is 4.39 Å². The molecular formula is C9H12FN3. The van der Waals surface area contributed by atoms with Gasteiger partial charge in [-0.3, -0.25) is 0 Å². The van der Waals surface area contributed by atoms with Crippen molar-refractivity contribution >= 4 is 11.9 Å². The van der Waals surface area contributed by atoms with Crippen LogP contribution in [0.25, 0.3) is 6.08 Å². The molecule has 0 bridgehead atoms. The van der Waals surface area contributed by atoms with E-state index in [1.807, 2.05) is 6.08 Å². The highest BCUT2D eigenvalue weighted by atomic mass is 19.1. The van der Waals surface area contributed by atoms with Crippen molar-refractivity contribution in [2.45, 2.75) is 6.42 Å². The van der Waals surface area contributed by atoms with Gasteiger partial charge in [0.2, 0.25) is 0 Å². The van der Waals surface area contributed by atoms with Gasteiger partial charge in [-0.15, -0.1) is 0 Å². The molecule has 0 aliphatic carbocycles. The summed E-state index contributed by atoms with van der Waals surface area (Å²) in [6.07, 6.45) is 5.40. The van der Waals surface area contributed by atoms with Gasteiger partial charge in [0, 0.05) is 5.56 Å². The summed E-state index contributed by atoms with van der Waals surface area (Å²) >= 11 is 0. The highest BCUT2D eigenvalue weighted by Gasteiger charge is 1.97. The zero-order valence-electron chi connectivity index (χ0n) is 7.20. The predicted molar refractivity (Wildman–Crippen MR) is 51.3 cm³/mol. The van der Waals surface area contributed by atoms with Crippen LogP contribution in [0.1, 0.15) is 12.0 Å². The highest BCUT2D eigenvalue weighted by Crippen LogP contribution is 2.11. The first kappa shape index (κ1) is 9.67. The van der Waals surface area contributed by atoms with Gasteiger partial charge < -0.3 is 11.5 Å². The number of pyridine rings is 1. The van der Waals surface area contributed by atoms with Gasteiger partial charge in [-0.25, -0.2) is 9.37 Å². The molecule has 0 atom stereocenters. The largest absolute Gasteiger partial charge is 0.383 e. The van der Waals surface area contributed by atoms with Crippen molar-refractivity contribution in [1.82, 2.24) is 4.98 Å². The van der Waals surface area contributed by atoms with E-state index in [1.165, 1.54) is 6.07 Å². The van der Waals surface area contributed by atoms with Gasteiger partial charge in [-0.2, -0.15) is 0 Å². The number of halogens is 1. The highest BCUT2D eigenvalue weighted by molar-refractivity contribution is 5.60. The number of nitrogens with two attached hydrogens (primary N) is 2. The Hall–Kier alpha value is -1.42. The Balaban J connectivity index is 2.81. The van der Waals surface area contributed by atoms with E-state index >= 15 is 0 Å². The molecule has 70 valence electrons. The zero-order valence-corrected chi connectivity index (χ0v) is 7.20. The van der Waals surface area contributed by atoms with Crippen molar-refractivity contribution in [3.63, 3.8) is 0 Å². The number of aromatic nitrogens is 1. The minimum absolute atomic E-state index is 0.328. The molecule has 3 nitrogen and oxygen atoms in total. The Morgan fingerprint density at radius 2 is 2.31 bits per heavy atom. The van der Waals surface area contributed by atoms with Crippen molar-refractivity contribution in [3.8, 4) is 0 Å². The summed E-state index contributed by atoms with van der Waals surface area (Å²) in [5.74, 6) is -0.0590. The molecule has 1 aromatic heterocycles. The van der Waals surface area contributed by atoms with Crippen molar-refractivity contribution in [2.24, 2.45) is 5.73 Å². The molecule has 0 aliphatic heterocycles. The lowest BCUT2D eigenvalue weighted by atomic mass is 10.2. The van der Waals surface area contributed by atoms with Crippen molar-refractivity contribution in [3.05, 3.63) is 29.7 Å². The monoisotopic (exact) mass is 181 g/mol. The van der Waals surface area contributed by atoms with Crippen LogP contribution < -0.4 is 11.5 Å². The van der Waals surface area contributed by atoms with Crippen LogP contribution in [0.15, 0.2) is 18.3 Å². The molecule has 0 spiro atoms. The molecule has 0 radical (unpaired) electrons. The molecule has 0 amide bonds. The minimum Gasteiger partial charge on any atom is -0.383 e. The summed E-state index contributed by atoms with van der Waals surface area (Å²) in [6.45, 7) is 0.569. The third-order valence-corrected chi connectivity index (χ3v) is 1.55. The van der Waals surface area contributed by atoms with Gasteiger partial charge in [0.05, 0.1) is 6.20 Å².